The predicted octanol–water partition coefficient (Wildman–Crippen LogP) is 6.35. The molecule has 0 radical (unpaired) electrons. The molecule has 0 atom stereocenters. The lowest BCUT2D eigenvalue weighted by Gasteiger charge is -2.10. The molecule has 2 rings (SSSR count). The lowest BCUT2D eigenvalue weighted by Crippen LogP contribution is -2.05. The SMILES string of the molecule is FC(F)(F)c1cnc(SCc2c(Cl)cccc2Cl)c(Cl)c1. The Kier molecular flexibility index (Phi) is 5.30. The van der Waals surface area contributed by atoms with Crippen molar-refractivity contribution >= 4 is 46.6 Å². The molecule has 21 heavy (non-hydrogen) atoms. The fraction of sp³-hybridized carbons (Fsp3) is 0.154. The van der Waals surface area contributed by atoms with Crippen molar-refractivity contribution < 1.29 is 13.2 Å². The van der Waals surface area contributed by atoms with Crippen molar-refractivity contribution in [3.63, 3.8) is 0 Å². The molecular formula is C13H7Cl3F3NS. The van der Waals surface area contributed by atoms with Gasteiger partial charge in [-0.2, -0.15) is 13.2 Å². The van der Waals surface area contributed by atoms with Crippen molar-refractivity contribution in [1.82, 2.24) is 4.98 Å². The summed E-state index contributed by atoms with van der Waals surface area (Å²) < 4.78 is 37.5. The normalized spacial score (nSPS) is 11.7. The number of alkyl halides is 3. The van der Waals surface area contributed by atoms with E-state index in [4.69, 9.17) is 34.8 Å². The molecule has 112 valence electrons. The van der Waals surface area contributed by atoms with E-state index in [1.807, 2.05) is 0 Å². The second kappa shape index (κ2) is 6.65. The molecule has 0 bridgehead atoms. The van der Waals surface area contributed by atoms with E-state index in [1.54, 1.807) is 18.2 Å². The Labute approximate surface area is 138 Å². The Morgan fingerprint density at radius 2 is 1.67 bits per heavy atom. The molecule has 0 saturated carbocycles. The molecule has 0 aliphatic heterocycles. The lowest BCUT2D eigenvalue weighted by atomic mass is 10.2. The van der Waals surface area contributed by atoms with Crippen molar-refractivity contribution in [1.29, 1.82) is 0 Å². The number of nitrogens with zero attached hydrogens (tertiary/aromatic N) is 1. The lowest BCUT2D eigenvalue weighted by molar-refractivity contribution is -0.137. The molecule has 0 spiro atoms. The monoisotopic (exact) mass is 371 g/mol. The zero-order valence-electron chi connectivity index (χ0n) is 10.2. The van der Waals surface area contributed by atoms with E-state index >= 15 is 0 Å². The molecule has 1 aromatic heterocycles. The number of hydrogen-bond donors (Lipinski definition) is 0. The Morgan fingerprint density at radius 1 is 1.05 bits per heavy atom. The van der Waals surface area contributed by atoms with Crippen LogP contribution in [0.5, 0.6) is 0 Å². The third-order valence-corrected chi connectivity index (χ3v) is 4.69. The van der Waals surface area contributed by atoms with E-state index in [0.29, 0.717) is 26.4 Å². The summed E-state index contributed by atoms with van der Waals surface area (Å²) in [5, 5.41) is 1.20. The standard InChI is InChI=1S/C13H7Cl3F3NS/c14-9-2-1-3-10(15)8(9)6-21-12-11(16)4-7(5-20-12)13(17,18)19/h1-5H,6H2. The number of benzene rings is 1. The molecule has 0 aliphatic rings. The van der Waals surface area contributed by atoms with Gasteiger partial charge in [0.1, 0.15) is 5.03 Å². The maximum Gasteiger partial charge on any atom is 0.417 e. The molecule has 1 heterocycles. The van der Waals surface area contributed by atoms with Gasteiger partial charge in [0.25, 0.3) is 0 Å². The predicted molar refractivity (Wildman–Crippen MR) is 80.3 cm³/mol. The quantitative estimate of drug-likeness (QED) is 0.582. The maximum absolute atomic E-state index is 12.5. The highest BCUT2D eigenvalue weighted by atomic mass is 35.5. The number of rotatable bonds is 3. The van der Waals surface area contributed by atoms with Gasteiger partial charge in [-0.15, -0.1) is 11.8 Å². The van der Waals surface area contributed by atoms with E-state index in [1.165, 1.54) is 11.8 Å². The first-order chi connectivity index (χ1) is 9.79. The van der Waals surface area contributed by atoms with Gasteiger partial charge in [-0.1, -0.05) is 40.9 Å². The summed E-state index contributed by atoms with van der Waals surface area (Å²) in [5.74, 6) is 0.358. The number of aromatic nitrogens is 1. The number of hydrogen-bond acceptors (Lipinski definition) is 2. The van der Waals surface area contributed by atoms with Crippen molar-refractivity contribution in [2.45, 2.75) is 17.0 Å². The first-order valence-electron chi connectivity index (χ1n) is 5.57. The smallest absolute Gasteiger partial charge is 0.248 e. The van der Waals surface area contributed by atoms with E-state index in [9.17, 15) is 13.2 Å². The van der Waals surface area contributed by atoms with Crippen LogP contribution >= 0.6 is 46.6 Å². The summed E-state index contributed by atoms with van der Waals surface area (Å²) in [4.78, 5) is 3.74. The van der Waals surface area contributed by atoms with Gasteiger partial charge in [-0.05, 0) is 23.8 Å². The van der Waals surface area contributed by atoms with Crippen LogP contribution in [-0.2, 0) is 11.9 Å². The number of halogens is 6. The van der Waals surface area contributed by atoms with Crippen LogP contribution < -0.4 is 0 Å². The summed E-state index contributed by atoms with van der Waals surface area (Å²) in [7, 11) is 0. The van der Waals surface area contributed by atoms with Gasteiger partial charge in [0, 0.05) is 22.0 Å². The summed E-state index contributed by atoms with van der Waals surface area (Å²) >= 11 is 19.0. The second-order valence-electron chi connectivity index (χ2n) is 4.00. The summed E-state index contributed by atoms with van der Waals surface area (Å²) in [6.07, 6.45) is -3.71. The van der Waals surface area contributed by atoms with Gasteiger partial charge in [0.05, 0.1) is 10.6 Å². The summed E-state index contributed by atoms with van der Waals surface area (Å²) in [6.45, 7) is 0. The van der Waals surface area contributed by atoms with Gasteiger partial charge in [-0.3, -0.25) is 0 Å². The minimum atomic E-state index is -4.47. The molecule has 0 aliphatic carbocycles. The van der Waals surface area contributed by atoms with Crippen LogP contribution in [0.2, 0.25) is 15.1 Å². The number of thioether (sulfide) groups is 1. The molecule has 0 saturated heterocycles. The zero-order chi connectivity index (χ0) is 15.6. The number of pyridine rings is 1. The largest absolute Gasteiger partial charge is 0.417 e. The third kappa shape index (κ3) is 4.19. The van der Waals surface area contributed by atoms with Crippen molar-refractivity contribution in [2.75, 3.05) is 0 Å². The molecule has 1 nitrogen and oxygen atoms in total. The molecule has 0 amide bonds. The Morgan fingerprint density at radius 3 is 2.19 bits per heavy atom. The van der Waals surface area contributed by atoms with Crippen LogP contribution in [0.4, 0.5) is 13.2 Å². The summed E-state index contributed by atoms with van der Waals surface area (Å²) in [6, 6.07) is 5.93. The van der Waals surface area contributed by atoms with E-state index in [2.05, 4.69) is 4.98 Å². The highest BCUT2D eigenvalue weighted by molar-refractivity contribution is 7.98. The topological polar surface area (TPSA) is 12.9 Å². The van der Waals surface area contributed by atoms with Crippen LogP contribution in [0, 0.1) is 0 Å². The van der Waals surface area contributed by atoms with Crippen molar-refractivity contribution in [3.8, 4) is 0 Å². The van der Waals surface area contributed by atoms with Gasteiger partial charge < -0.3 is 0 Å². The first kappa shape index (κ1) is 16.7. The fourth-order valence-corrected chi connectivity index (χ4v) is 3.43. The molecule has 0 fully saturated rings. The second-order valence-corrected chi connectivity index (χ2v) is 6.18. The van der Waals surface area contributed by atoms with Crippen LogP contribution in [0.3, 0.4) is 0 Å². The zero-order valence-corrected chi connectivity index (χ0v) is 13.3. The highest BCUT2D eigenvalue weighted by Crippen LogP contribution is 2.36. The molecule has 1 aromatic carbocycles. The van der Waals surface area contributed by atoms with Gasteiger partial charge in [0.2, 0.25) is 0 Å². The molecule has 8 heteroatoms. The summed E-state index contributed by atoms with van der Waals surface area (Å²) in [5.41, 5.74) is -0.198. The van der Waals surface area contributed by atoms with E-state index < -0.39 is 11.7 Å². The van der Waals surface area contributed by atoms with E-state index in [0.717, 1.165) is 12.3 Å². The van der Waals surface area contributed by atoms with Crippen LogP contribution in [0.1, 0.15) is 11.1 Å². The Hall–Kier alpha value is -0.620. The van der Waals surface area contributed by atoms with E-state index in [-0.39, 0.29) is 5.02 Å². The third-order valence-electron chi connectivity index (χ3n) is 2.55. The average Bonchev–Trinajstić information content (AvgIpc) is 2.38. The molecule has 0 N–H and O–H groups in total. The van der Waals surface area contributed by atoms with Crippen LogP contribution in [0.25, 0.3) is 0 Å². The highest BCUT2D eigenvalue weighted by Gasteiger charge is 2.31. The van der Waals surface area contributed by atoms with Gasteiger partial charge in [0.15, 0.2) is 0 Å². The maximum atomic E-state index is 12.5. The van der Waals surface area contributed by atoms with Gasteiger partial charge in [-0.25, -0.2) is 4.98 Å². The Balaban J connectivity index is 2.18. The van der Waals surface area contributed by atoms with Crippen molar-refractivity contribution in [3.05, 3.63) is 56.7 Å². The van der Waals surface area contributed by atoms with Crippen LogP contribution in [-0.4, -0.2) is 4.98 Å². The molecule has 2 aromatic rings. The Bertz CT molecular complexity index is 641. The molecular weight excluding hydrogens is 366 g/mol. The molecule has 0 unspecified atom stereocenters. The minimum Gasteiger partial charge on any atom is -0.248 e. The fourth-order valence-electron chi connectivity index (χ4n) is 1.50. The average molecular weight is 373 g/mol. The van der Waals surface area contributed by atoms with Crippen molar-refractivity contribution in [2.24, 2.45) is 0 Å². The van der Waals surface area contributed by atoms with Gasteiger partial charge >= 0.3 is 6.18 Å². The minimum absolute atomic E-state index is 0.0574. The van der Waals surface area contributed by atoms with Crippen LogP contribution in [0.15, 0.2) is 35.5 Å². The first-order valence-corrected chi connectivity index (χ1v) is 7.69.